The van der Waals surface area contributed by atoms with E-state index in [1.54, 1.807) is 0 Å². The van der Waals surface area contributed by atoms with Crippen molar-refractivity contribution in [1.29, 1.82) is 0 Å². The van der Waals surface area contributed by atoms with Crippen LogP contribution in [0.25, 0.3) is 0 Å². The molecule has 1 amide bonds. The largest absolute Gasteiger partial charge is 0.417 e. The lowest BCUT2D eigenvalue weighted by molar-refractivity contribution is -0.137. The topological polar surface area (TPSA) is 77.2 Å². The summed E-state index contributed by atoms with van der Waals surface area (Å²) in [5.41, 5.74) is 4.29. The minimum absolute atomic E-state index is 0.0547. The predicted molar refractivity (Wildman–Crippen MR) is 66.1 cm³/mol. The van der Waals surface area contributed by atoms with Gasteiger partial charge < -0.3 is 15.8 Å². The number of carbonyl (C=O) groups is 1. The third kappa shape index (κ3) is 5.54. The first-order valence-corrected chi connectivity index (χ1v) is 6.04. The molecule has 0 unspecified atom stereocenters. The molecule has 0 saturated heterocycles. The van der Waals surface area contributed by atoms with E-state index < -0.39 is 17.6 Å². The van der Waals surface area contributed by atoms with E-state index in [2.05, 4.69) is 10.3 Å². The number of nitrogens with zero attached hydrogens (tertiary/aromatic N) is 1. The number of nitrogens with one attached hydrogen (secondary N) is 1. The number of hydrogen-bond donors (Lipinski definition) is 2. The summed E-state index contributed by atoms with van der Waals surface area (Å²) in [5.74, 6) is -0.516. The maximum absolute atomic E-state index is 12.3. The van der Waals surface area contributed by atoms with Crippen molar-refractivity contribution >= 4 is 5.91 Å². The highest BCUT2D eigenvalue weighted by Gasteiger charge is 2.30. The summed E-state index contributed by atoms with van der Waals surface area (Å²) in [4.78, 5) is 15.1. The molecule has 20 heavy (non-hydrogen) atoms. The van der Waals surface area contributed by atoms with Gasteiger partial charge in [0.25, 0.3) is 5.91 Å². The molecule has 0 spiro atoms. The Morgan fingerprint density at radius 1 is 1.35 bits per heavy atom. The van der Waals surface area contributed by atoms with Crippen LogP contribution in [0.2, 0.25) is 0 Å². The zero-order chi connectivity index (χ0) is 15.0. The van der Waals surface area contributed by atoms with E-state index in [9.17, 15) is 18.0 Å². The van der Waals surface area contributed by atoms with Crippen LogP contribution in [0.15, 0.2) is 18.3 Å². The lowest BCUT2D eigenvalue weighted by Crippen LogP contribution is -2.26. The second-order valence-electron chi connectivity index (χ2n) is 3.94. The number of alkyl halides is 3. The highest BCUT2D eigenvalue weighted by atomic mass is 19.4. The van der Waals surface area contributed by atoms with Crippen LogP contribution >= 0.6 is 0 Å². The summed E-state index contributed by atoms with van der Waals surface area (Å²) in [6, 6.07) is 1.87. The highest BCUT2D eigenvalue weighted by Crippen LogP contribution is 2.28. The molecule has 8 heteroatoms. The molecule has 3 N–H and O–H groups in total. The molecular weight excluding hydrogens is 275 g/mol. The van der Waals surface area contributed by atoms with Gasteiger partial charge in [0.1, 0.15) is 5.69 Å². The fraction of sp³-hybridized carbons (Fsp3) is 0.500. The summed E-state index contributed by atoms with van der Waals surface area (Å²) < 4.78 is 42.0. The van der Waals surface area contributed by atoms with E-state index in [1.807, 2.05) is 0 Å². The van der Waals surface area contributed by atoms with Crippen LogP contribution in [0, 0.1) is 0 Å². The van der Waals surface area contributed by atoms with Crippen molar-refractivity contribution in [1.82, 2.24) is 10.3 Å². The van der Waals surface area contributed by atoms with Gasteiger partial charge in [0.05, 0.1) is 12.2 Å². The molecule has 0 aromatic carbocycles. The van der Waals surface area contributed by atoms with E-state index in [1.165, 1.54) is 0 Å². The highest BCUT2D eigenvalue weighted by molar-refractivity contribution is 5.92. The second-order valence-corrected chi connectivity index (χ2v) is 3.94. The van der Waals surface area contributed by atoms with Crippen molar-refractivity contribution in [2.24, 2.45) is 5.73 Å². The van der Waals surface area contributed by atoms with Crippen LogP contribution in [-0.2, 0) is 10.9 Å². The zero-order valence-electron chi connectivity index (χ0n) is 10.7. The van der Waals surface area contributed by atoms with Gasteiger partial charge in [0.2, 0.25) is 0 Å². The average molecular weight is 291 g/mol. The Balaban J connectivity index is 2.37. The fourth-order valence-electron chi connectivity index (χ4n) is 1.35. The van der Waals surface area contributed by atoms with Crippen LogP contribution in [0.3, 0.4) is 0 Å². The quantitative estimate of drug-likeness (QED) is 0.740. The lowest BCUT2D eigenvalue weighted by atomic mass is 10.2. The Bertz CT molecular complexity index is 421. The van der Waals surface area contributed by atoms with Crippen molar-refractivity contribution in [3.63, 3.8) is 0 Å². The molecular formula is C12H16F3N3O2. The number of halogens is 3. The first kappa shape index (κ1) is 16.4. The zero-order valence-corrected chi connectivity index (χ0v) is 10.7. The second kappa shape index (κ2) is 7.81. The summed E-state index contributed by atoms with van der Waals surface area (Å²) in [6.07, 6.45) is -3.23. The predicted octanol–water partition coefficient (Wildman–Crippen LogP) is 1.20. The third-order valence-corrected chi connectivity index (χ3v) is 2.34. The Hall–Kier alpha value is -1.67. The number of aromatic nitrogens is 1. The molecule has 5 nitrogen and oxygen atoms in total. The first-order valence-electron chi connectivity index (χ1n) is 6.04. The van der Waals surface area contributed by atoms with Crippen LogP contribution in [0.5, 0.6) is 0 Å². The lowest BCUT2D eigenvalue weighted by Gasteiger charge is -2.07. The van der Waals surface area contributed by atoms with Crippen molar-refractivity contribution in [2.45, 2.75) is 12.6 Å². The number of amides is 1. The maximum Gasteiger partial charge on any atom is 0.417 e. The first-order chi connectivity index (χ1) is 9.45. The Morgan fingerprint density at radius 2 is 2.10 bits per heavy atom. The van der Waals surface area contributed by atoms with Gasteiger partial charge in [-0.25, -0.2) is 0 Å². The van der Waals surface area contributed by atoms with Gasteiger partial charge in [-0.15, -0.1) is 0 Å². The van der Waals surface area contributed by atoms with Gasteiger partial charge in [0, 0.05) is 25.9 Å². The SMILES string of the molecule is NCCOCCCNC(=O)c1ccc(C(F)(F)F)cn1. The number of ether oxygens (including phenoxy) is 1. The molecule has 0 atom stereocenters. The Labute approximate surface area is 114 Å². The number of rotatable bonds is 7. The summed E-state index contributed by atoms with van der Waals surface area (Å²) in [7, 11) is 0. The average Bonchev–Trinajstić information content (AvgIpc) is 2.41. The maximum atomic E-state index is 12.3. The molecule has 0 radical (unpaired) electrons. The van der Waals surface area contributed by atoms with Crippen molar-refractivity contribution in [2.75, 3.05) is 26.3 Å². The molecule has 0 aliphatic rings. The van der Waals surface area contributed by atoms with Crippen LogP contribution in [0.1, 0.15) is 22.5 Å². The number of nitrogens with two attached hydrogens (primary N) is 1. The minimum Gasteiger partial charge on any atom is -0.380 e. The molecule has 112 valence electrons. The molecule has 0 saturated carbocycles. The number of hydrogen-bond acceptors (Lipinski definition) is 4. The standard InChI is InChI=1S/C12H16F3N3O2/c13-12(14,15)9-2-3-10(18-8-9)11(19)17-5-1-6-20-7-4-16/h2-3,8H,1,4-7,16H2,(H,17,19). The van der Waals surface area contributed by atoms with Crippen molar-refractivity contribution < 1.29 is 22.7 Å². The molecule has 0 aliphatic carbocycles. The number of carbonyl (C=O) groups excluding carboxylic acids is 1. The van der Waals surface area contributed by atoms with E-state index in [4.69, 9.17) is 10.5 Å². The molecule has 0 fully saturated rings. The molecule has 1 heterocycles. The van der Waals surface area contributed by atoms with Crippen LogP contribution in [0.4, 0.5) is 13.2 Å². The minimum atomic E-state index is -4.46. The van der Waals surface area contributed by atoms with Gasteiger partial charge in [-0.2, -0.15) is 13.2 Å². The molecule has 1 aromatic heterocycles. The molecule has 1 aromatic rings. The van der Waals surface area contributed by atoms with E-state index in [-0.39, 0.29) is 5.69 Å². The summed E-state index contributed by atoms with van der Waals surface area (Å²) in [5, 5.41) is 2.54. The Morgan fingerprint density at radius 3 is 2.65 bits per heavy atom. The van der Waals surface area contributed by atoms with E-state index >= 15 is 0 Å². The third-order valence-electron chi connectivity index (χ3n) is 2.34. The summed E-state index contributed by atoms with van der Waals surface area (Å²) >= 11 is 0. The van der Waals surface area contributed by atoms with Gasteiger partial charge in [-0.05, 0) is 18.6 Å². The van der Waals surface area contributed by atoms with Gasteiger partial charge in [-0.3, -0.25) is 9.78 Å². The van der Waals surface area contributed by atoms with Crippen molar-refractivity contribution in [3.05, 3.63) is 29.6 Å². The van der Waals surface area contributed by atoms with Crippen LogP contribution < -0.4 is 11.1 Å². The molecule has 0 bridgehead atoms. The van der Waals surface area contributed by atoms with Gasteiger partial charge >= 0.3 is 6.18 Å². The monoisotopic (exact) mass is 291 g/mol. The normalized spacial score (nSPS) is 11.4. The van der Waals surface area contributed by atoms with Gasteiger partial charge in [-0.1, -0.05) is 0 Å². The fourth-order valence-corrected chi connectivity index (χ4v) is 1.35. The van der Waals surface area contributed by atoms with E-state index in [0.717, 1.165) is 12.1 Å². The van der Waals surface area contributed by atoms with Crippen LogP contribution in [-0.4, -0.2) is 37.2 Å². The molecule has 0 aliphatic heterocycles. The summed E-state index contributed by atoms with van der Waals surface area (Å²) in [6.45, 7) is 1.69. The van der Waals surface area contributed by atoms with Gasteiger partial charge in [0.15, 0.2) is 0 Å². The Kier molecular flexibility index (Phi) is 6.40. The van der Waals surface area contributed by atoms with E-state index in [0.29, 0.717) is 38.9 Å². The smallest absolute Gasteiger partial charge is 0.380 e. The number of pyridine rings is 1. The van der Waals surface area contributed by atoms with Crippen molar-refractivity contribution in [3.8, 4) is 0 Å². The molecule has 1 rings (SSSR count).